The van der Waals surface area contributed by atoms with Gasteiger partial charge in [-0.2, -0.15) is 8.73 Å². The fourth-order valence-electron chi connectivity index (χ4n) is 8.31. The van der Waals surface area contributed by atoms with Gasteiger partial charge in [0, 0.05) is 42.7 Å². The summed E-state index contributed by atoms with van der Waals surface area (Å²) >= 11 is 0. The number of nitro benzene ring substituents is 1. The Balaban J connectivity index is 0.000000167. The topological polar surface area (TPSA) is 181 Å². The first-order valence-corrected chi connectivity index (χ1v) is 21.5. The number of hydrogen-bond acceptors (Lipinski definition) is 11. The van der Waals surface area contributed by atoms with Crippen LogP contribution < -0.4 is 15.2 Å². The second kappa shape index (κ2) is 13.6. The summed E-state index contributed by atoms with van der Waals surface area (Å²) in [6.45, 7) is 0. The number of fused-ring (bicyclic) bond motifs is 4. The van der Waals surface area contributed by atoms with Gasteiger partial charge in [-0.3, -0.25) is 19.7 Å². The van der Waals surface area contributed by atoms with Crippen LogP contribution in [0.5, 0.6) is 11.5 Å². The lowest BCUT2D eigenvalue weighted by Crippen LogP contribution is -2.39. The predicted octanol–water partition coefficient (Wildman–Crippen LogP) is 7.55. The molecule has 4 aromatic carbocycles. The van der Waals surface area contributed by atoms with E-state index in [1.165, 1.54) is 19.4 Å². The van der Waals surface area contributed by atoms with Crippen molar-refractivity contribution >= 4 is 53.8 Å². The number of carbonyl (C=O) groups is 2. The highest BCUT2D eigenvalue weighted by molar-refractivity contribution is 7.93. The minimum Gasteiger partial charge on any atom is -0.495 e. The minimum absolute atomic E-state index is 0.0379. The Morgan fingerprint density at radius 1 is 0.704 bits per heavy atom. The summed E-state index contributed by atoms with van der Waals surface area (Å²) in [6, 6.07) is 20.7. The van der Waals surface area contributed by atoms with Gasteiger partial charge in [-0.25, -0.2) is 8.42 Å². The number of rotatable bonds is 7. The van der Waals surface area contributed by atoms with Gasteiger partial charge in [0.1, 0.15) is 23.1 Å². The molecule has 2 fully saturated rings. The van der Waals surface area contributed by atoms with Crippen molar-refractivity contribution in [1.82, 2.24) is 0 Å². The van der Waals surface area contributed by atoms with Crippen LogP contribution in [0.1, 0.15) is 60.8 Å². The number of benzene rings is 4. The van der Waals surface area contributed by atoms with E-state index in [2.05, 4.69) is 8.73 Å². The van der Waals surface area contributed by atoms with E-state index in [0.717, 1.165) is 36.8 Å². The van der Waals surface area contributed by atoms with E-state index in [1.54, 1.807) is 61.9 Å². The Bertz CT molecular complexity index is 2500. The van der Waals surface area contributed by atoms with Gasteiger partial charge in [0.15, 0.2) is 0 Å². The summed E-state index contributed by atoms with van der Waals surface area (Å²) in [6.07, 6.45) is 8.68. The lowest BCUT2D eigenvalue weighted by molar-refractivity contribution is -0.385. The molecule has 2 unspecified atom stereocenters. The number of anilines is 1. The molecule has 12 nitrogen and oxygen atoms in total. The standard InChI is InChI=1S/C20H20N2O5S.C20H22N2O3S/c1-27-17-6-3-4-7-18(17)28(2,26)21-13-10-15-14(16(11-13)22(24)25)12-19(23)20(15)8-5-9-20;1-25-17-6-3-4-7-18(17)26(2,24)22-13-10-15-14(16(21)11-13)12-19(23)20(15)8-5-9-20/h3-4,6-7,10-11H,5,8-9,12H2,1-2H3;3-4,6-7,10-11H,5,8-9,12,21H2,1-2H3. The van der Waals surface area contributed by atoms with E-state index in [1.807, 2.05) is 18.2 Å². The zero-order valence-corrected chi connectivity index (χ0v) is 32.2. The Morgan fingerprint density at radius 3 is 1.56 bits per heavy atom. The zero-order chi connectivity index (χ0) is 38.6. The van der Waals surface area contributed by atoms with Crippen LogP contribution >= 0.6 is 0 Å². The molecule has 4 aromatic rings. The van der Waals surface area contributed by atoms with Crippen LogP contribution in [0.25, 0.3) is 0 Å². The van der Waals surface area contributed by atoms with Crippen molar-refractivity contribution in [3.05, 3.63) is 105 Å². The van der Waals surface area contributed by atoms with E-state index >= 15 is 0 Å². The Labute approximate surface area is 315 Å². The SMILES string of the molecule is COc1ccccc1S(C)(=O)=Nc1cc(N)c2c(c1)C1(CCC1)C(=O)C2.COc1ccccc1S(C)(=O)=Nc1cc([N+](=O)[O-])c2c(c1)C1(CCC1)C(=O)C2. The summed E-state index contributed by atoms with van der Waals surface area (Å²) in [5.41, 5.74) is 9.55. The van der Waals surface area contributed by atoms with E-state index in [9.17, 15) is 28.1 Å². The molecule has 0 amide bonds. The van der Waals surface area contributed by atoms with Crippen LogP contribution in [-0.2, 0) is 52.7 Å². The lowest BCUT2D eigenvalue weighted by Gasteiger charge is -2.37. The molecule has 0 radical (unpaired) electrons. The quantitative estimate of drug-likeness (QED) is 0.113. The monoisotopic (exact) mass is 770 g/mol. The van der Waals surface area contributed by atoms with Gasteiger partial charge in [0.2, 0.25) is 0 Å². The van der Waals surface area contributed by atoms with Gasteiger partial charge in [-0.1, -0.05) is 37.1 Å². The Morgan fingerprint density at radius 2 is 1.13 bits per heavy atom. The number of methoxy groups -OCH3 is 2. The van der Waals surface area contributed by atoms with Crippen molar-refractivity contribution in [3.8, 4) is 11.5 Å². The molecule has 2 spiro atoms. The summed E-state index contributed by atoms with van der Waals surface area (Å²) in [5, 5.41) is 11.6. The molecule has 2 atom stereocenters. The zero-order valence-electron chi connectivity index (χ0n) is 30.6. The van der Waals surface area contributed by atoms with Crippen molar-refractivity contribution in [1.29, 1.82) is 0 Å². The maximum absolute atomic E-state index is 13.3. The maximum atomic E-state index is 13.3. The van der Waals surface area contributed by atoms with Gasteiger partial charge >= 0.3 is 0 Å². The van der Waals surface area contributed by atoms with Crippen LogP contribution in [0, 0.1) is 10.1 Å². The van der Waals surface area contributed by atoms with Crippen LogP contribution in [0.3, 0.4) is 0 Å². The first kappa shape index (κ1) is 37.2. The number of Topliss-reactive ketones (excluding diaryl/α,β-unsaturated/α-hetero) is 2. The van der Waals surface area contributed by atoms with Crippen LogP contribution in [0.15, 0.2) is 91.3 Å². The van der Waals surface area contributed by atoms with E-state index in [4.69, 9.17) is 15.2 Å². The van der Waals surface area contributed by atoms with Crippen molar-refractivity contribution in [3.63, 3.8) is 0 Å². The summed E-state index contributed by atoms with van der Waals surface area (Å²) in [4.78, 5) is 37.2. The number of nitro groups is 1. The van der Waals surface area contributed by atoms with Crippen molar-refractivity contribution < 1.29 is 32.4 Å². The van der Waals surface area contributed by atoms with Crippen LogP contribution in [0.4, 0.5) is 22.7 Å². The second-order valence-electron chi connectivity index (χ2n) is 14.5. The first-order valence-electron chi connectivity index (χ1n) is 17.7. The van der Waals surface area contributed by atoms with Crippen molar-refractivity contribution in [2.24, 2.45) is 8.73 Å². The van der Waals surface area contributed by atoms with Crippen LogP contribution in [0.2, 0.25) is 0 Å². The van der Waals surface area contributed by atoms with E-state index < -0.39 is 29.8 Å². The van der Waals surface area contributed by atoms with Gasteiger partial charge in [-0.05, 0) is 84.8 Å². The molecule has 0 heterocycles. The fraction of sp³-hybridized carbons (Fsp3) is 0.350. The summed E-state index contributed by atoms with van der Waals surface area (Å²) < 4.78 is 46.2. The largest absolute Gasteiger partial charge is 0.495 e. The molecule has 0 aromatic heterocycles. The fourth-order valence-corrected chi connectivity index (χ4v) is 11.2. The molecule has 0 bridgehead atoms. The average Bonchev–Trinajstić information content (AvgIpc) is 3.58. The molecular formula is C40H42N4O8S2. The smallest absolute Gasteiger partial charge is 0.275 e. The molecule has 14 heteroatoms. The highest BCUT2D eigenvalue weighted by Gasteiger charge is 2.53. The molecular weight excluding hydrogens is 729 g/mol. The van der Waals surface area contributed by atoms with Crippen molar-refractivity contribution in [2.45, 2.75) is 72.0 Å². The summed E-state index contributed by atoms with van der Waals surface area (Å²) in [5.74, 6) is 1.28. The Hall–Kier alpha value is -5.08. The number of carbonyl (C=O) groups excluding carboxylic acids is 2. The highest BCUT2D eigenvalue weighted by atomic mass is 32.2. The minimum atomic E-state index is -2.91. The van der Waals surface area contributed by atoms with Crippen molar-refractivity contribution in [2.75, 3.05) is 32.5 Å². The van der Waals surface area contributed by atoms with Crippen LogP contribution in [-0.4, -0.2) is 51.6 Å². The molecule has 4 aliphatic rings. The molecule has 54 heavy (non-hydrogen) atoms. The third-order valence-corrected chi connectivity index (χ3v) is 14.8. The number of para-hydroxylation sites is 2. The molecule has 0 saturated heterocycles. The molecule has 4 aliphatic carbocycles. The predicted molar refractivity (Wildman–Crippen MR) is 207 cm³/mol. The number of hydrogen-bond donors (Lipinski definition) is 1. The highest BCUT2D eigenvalue weighted by Crippen LogP contribution is 2.54. The normalized spacial score (nSPS) is 19.2. The average molecular weight is 771 g/mol. The Kier molecular flexibility index (Phi) is 9.41. The molecule has 2 saturated carbocycles. The third-order valence-electron chi connectivity index (χ3n) is 11.4. The number of nitrogens with two attached hydrogens (primary N) is 1. The molecule has 282 valence electrons. The van der Waals surface area contributed by atoms with Gasteiger partial charge in [0.25, 0.3) is 5.69 Å². The van der Waals surface area contributed by atoms with E-state index in [-0.39, 0.29) is 34.8 Å². The number of ether oxygens (including phenoxy) is 2. The number of nitrogen functional groups attached to an aromatic ring is 1. The van der Waals surface area contributed by atoms with Gasteiger partial charge in [-0.15, -0.1) is 0 Å². The first-order chi connectivity index (χ1) is 25.7. The number of nitrogens with zero attached hydrogens (tertiary/aromatic N) is 3. The second-order valence-corrected chi connectivity index (χ2v) is 18.9. The van der Waals surface area contributed by atoms with E-state index in [0.29, 0.717) is 63.1 Å². The van der Waals surface area contributed by atoms with Gasteiger partial charge in [0.05, 0.1) is 70.6 Å². The molecule has 8 rings (SSSR count). The third kappa shape index (κ3) is 6.14. The lowest BCUT2D eigenvalue weighted by atomic mass is 9.64. The molecule has 2 N–H and O–H groups in total. The maximum Gasteiger partial charge on any atom is 0.275 e. The number of ketones is 2. The molecule has 0 aliphatic heterocycles. The van der Waals surface area contributed by atoms with Gasteiger partial charge < -0.3 is 15.2 Å². The summed E-state index contributed by atoms with van der Waals surface area (Å²) in [7, 11) is -2.60.